The summed E-state index contributed by atoms with van der Waals surface area (Å²) in [6.07, 6.45) is 0. The van der Waals surface area contributed by atoms with Gasteiger partial charge in [0.2, 0.25) is 0 Å². The Morgan fingerprint density at radius 2 is 1.64 bits per heavy atom. The number of benzene rings is 1. The first-order chi connectivity index (χ1) is 5.36. The van der Waals surface area contributed by atoms with E-state index in [9.17, 15) is 5.11 Å². The van der Waals surface area contributed by atoms with E-state index in [0.717, 1.165) is 5.52 Å². The standard InChI is InChI=1S/C6H2N4O/c11-3-1-2-4(8-7-2)6-5(3)9-10-6/h1,11H. The van der Waals surface area contributed by atoms with Gasteiger partial charge in [-0.3, -0.25) is 0 Å². The van der Waals surface area contributed by atoms with Gasteiger partial charge in [-0.25, -0.2) is 0 Å². The molecule has 5 nitrogen and oxygen atoms in total. The van der Waals surface area contributed by atoms with Gasteiger partial charge in [0, 0.05) is 6.07 Å². The predicted octanol–water partition coefficient (Wildman–Crippen LogP) is 0.154. The number of phenolic OH excluding ortho intramolecular Hbond substituents is 1. The van der Waals surface area contributed by atoms with Crippen LogP contribution in [0.4, 0.5) is 0 Å². The molecule has 0 unspecified atom stereocenters. The average molecular weight is 146 g/mol. The second kappa shape index (κ2) is 1.29. The maximum absolute atomic E-state index is 9.24. The summed E-state index contributed by atoms with van der Waals surface area (Å²) in [4.78, 5) is 0. The van der Waals surface area contributed by atoms with Crippen LogP contribution in [0.1, 0.15) is 0 Å². The fourth-order valence-corrected chi connectivity index (χ4v) is 1.10. The zero-order valence-electron chi connectivity index (χ0n) is 5.31. The molecule has 0 spiro atoms. The number of rotatable bonds is 0. The molecule has 0 fully saturated rings. The van der Waals surface area contributed by atoms with Crippen molar-refractivity contribution in [1.82, 2.24) is 20.4 Å². The molecule has 3 rings (SSSR count). The summed E-state index contributed by atoms with van der Waals surface area (Å²) < 4.78 is 0. The minimum atomic E-state index is 0.132. The molecule has 0 saturated heterocycles. The van der Waals surface area contributed by atoms with Crippen molar-refractivity contribution in [3.05, 3.63) is 6.07 Å². The normalized spacial score (nSPS) is 12.0. The van der Waals surface area contributed by atoms with Crippen LogP contribution in [-0.4, -0.2) is 25.5 Å². The van der Waals surface area contributed by atoms with Crippen molar-refractivity contribution in [2.24, 2.45) is 0 Å². The van der Waals surface area contributed by atoms with E-state index in [1.54, 1.807) is 6.07 Å². The number of nitrogens with zero attached hydrogens (tertiary/aromatic N) is 4. The fraction of sp³-hybridized carbons (Fsp3) is 0. The highest BCUT2D eigenvalue weighted by Gasteiger charge is 2.15. The van der Waals surface area contributed by atoms with Gasteiger partial charge in [0.05, 0.1) is 0 Å². The first-order valence-electron chi connectivity index (χ1n) is 3.10. The van der Waals surface area contributed by atoms with Crippen molar-refractivity contribution in [2.45, 2.75) is 0 Å². The molecule has 0 aliphatic carbocycles. The number of hydrogen-bond acceptors (Lipinski definition) is 5. The Bertz CT molecular complexity index is 508. The Morgan fingerprint density at radius 1 is 0.909 bits per heavy atom. The third-order valence-electron chi connectivity index (χ3n) is 1.72. The quantitative estimate of drug-likeness (QED) is 0.489. The van der Waals surface area contributed by atoms with Gasteiger partial charge in [-0.2, -0.15) is 0 Å². The van der Waals surface area contributed by atoms with Crippen LogP contribution in [0.5, 0.6) is 5.75 Å². The highest BCUT2D eigenvalue weighted by molar-refractivity contribution is 6.04. The lowest BCUT2D eigenvalue weighted by Gasteiger charge is -2.05. The van der Waals surface area contributed by atoms with E-state index in [4.69, 9.17) is 0 Å². The molecule has 2 heterocycles. The molecule has 1 N–H and O–H groups in total. The second-order valence-corrected chi connectivity index (χ2v) is 2.36. The number of phenols is 1. The van der Waals surface area contributed by atoms with Crippen molar-refractivity contribution in [3.8, 4) is 5.75 Å². The maximum atomic E-state index is 9.24. The highest BCUT2D eigenvalue weighted by atomic mass is 16.3. The van der Waals surface area contributed by atoms with Crippen LogP contribution in [0, 0.1) is 0 Å². The van der Waals surface area contributed by atoms with Crippen LogP contribution in [0.2, 0.25) is 0 Å². The Morgan fingerprint density at radius 3 is 2.18 bits per heavy atom. The summed E-state index contributed by atoms with van der Waals surface area (Å²) >= 11 is 0. The van der Waals surface area contributed by atoms with Gasteiger partial charge in [-0.15, -0.1) is 20.4 Å². The minimum absolute atomic E-state index is 0.132. The third kappa shape index (κ3) is 0.399. The van der Waals surface area contributed by atoms with Crippen molar-refractivity contribution in [3.63, 3.8) is 0 Å². The lowest BCUT2D eigenvalue weighted by molar-refractivity contribution is 0.479. The van der Waals surface area contributed by atoms with Gasteiger partial charge in [-0.1, -0.05) is 0 Å². The monoisotopic (exact) mass is 146 g/mol. The Kier molecular flexibility index (Phi) is 0.581. The number of aromatic hydroxyl groups is 1. The summed E-state index contributed by atoms with van der Waals surface area (Å²) in [5, 5.41) is 24.0. The summed E-state index contributed by atoms with van der Waals surface area (Å²) in [6.45, 7) is 0. The second-order valence-electron chi connectivity index (χ2n) is 2.36. The number of hydrogen-bond donors (Lipinski definition) is 1. The summed E-state index contributed by atoms with van der Waals surface area (Å²) in [5.41, 5.74) is 2.63. The van der Waals surface area contributed by atoms with E-state index in [2.05, 4.69) is 20.4 Å². The lowest BCUT2D eigenvalue weighted by atomic mass is 10.2. The smallest absolute Gasteiger partial charge is 0.157 e. The molecular weight excluding hydrogens is 144 g/mol. The molecule has 0 radical (unpaired) electrons. The molecule has 0 amide bonds. The molecule has 1 aromatic carbocycles. The van der Waals surface area contributed by atoms with Crippen LogP contribution in [0.3, 0.4) is 0 Å². The van der Waals surface area contributed by atoms with Crippen molar-refractivity contribution in [1.29, 1.82) is 0 Å². The van der Waals surface area contributed by atoms with Crippen LogP contribution >= 0.6 is 0 Å². The highest BCUT2D eigenvalue weighted by Crippen LogP contribution is 2.29. The van der Waals surface area contributed by atoms with E-state index in [1.807, 2.05) is 0 Å². The van der Waals surface area contributed by atoms with Crippen molar-refractivity contribution >= 4 is 22.1 Å². The number of fused-ring (bicyclic) bond motifs is 3. The first-order valence-corrected chi connectivity index (χ1v) is 3.10. The van der Waals surface area contributed by atoms with Crippen LogP contribution in [-0.2, 0) is 0 Å². The largest absolute Gasteiger partial charge is 0.505 e. The van der Waals surface area contributed by atoms with Gasteiger partial charge in [0.25, 0.3) is 0 Å². The zero-order chi connectivity index (χ0) is 7.42. The van der Waals surface area contributed by atoms with Crippen molar-refractivity contribution < 1.29 is 5.11 Å². The van der Waals surface area contributed by atoms with Gasteiger partial charge < -0.3 is 5.11 Å². The van der Waals surface area contributed by atoms with Crippen LogP contribution < -0.4 is 0 Å². The average Bonchev–Trinajstić information content (AvgIpc) is 1.88. The van der Waals surface area contributed by atoms with Gasteiger partial charge in [-0.05, 0) is 0 Å². The summed E-state index contributed by atoms with van der Waals surface area (Å²) in [6, 6.07) is 1.54. The fourth-order valence-electron chi connectivity index (χ4n) is 1.10. The topological polar surface area (TPSA) is 71.8 Å². The third-order valence-corrected chi connectivity index (χ3v) is 1.72. The molecule has 0 saturated carbocycles. The van der Waals surface area contributed by atoms with E-state index >= 15 is 0 Å². The molecule has 11 heavy (non-hydrogen) atoms. The van der Waals surface area contributed by atoms with Crippen LogP contribution in [0.15, 0.2) is 6.07 Å². The van der Waals surface area contributed by atoms with E-state index in [-0.39, 0.29) is 5.75 Å². The predicted molar refractivity (Wildman–Crippen MR) is 36.7 cm³/mol. The molecule has 5 heteroatoms. The zero-order valence-corrected chi connectivity index (χ0v) is 5.31. The first kappa shape index (κ1) is 4.95. The molecule has 3 aromatic rings. The number of aromatic nitrogens is 4. The van der Waals surface area contributed by atoms with Gasteiger partial charge in [0.1, 0.15) is 22.3 Å². The Labute approximate surface area is 60.4 Å². The maximum Gasteiger partial charge on any atom is 0.157 e. The Balaban J connectivity index is 2.63. The SMILES string of the molecule is Oc1cc2nnc2c2nnc12. The molecule has 52 valence electrons. The lowest BCUT2D eigenvalue weighted by Crippen LogP contribution is -1.99. The molecule has 0 aliphatic heterocycles. The molecule has 0 atom stereocenters. The molecule has 0 aliphatic rings. The van der Waals surface area contributed by atoms with Gasteiger partial charge in [0.15, 0.2) is 5.52 Å². The van der Waals surface area contributed by atoms with Crippen molar-refractivity contribution in [2.75, 3.05) is 0 Å². The molecular formula is C6H2N4O. The Hall–Kier alpha value is -1.78. The molecule has 2 aromatic heterocycles. The van der Waals surface area contributed by atoms with E-state index in [0.29, 0.717) is 16.6 Å². The van der Waals surface area contributed by atoms with Gasteiger partial charge >= 0.3 is 0 Å². The van der Waals surface area contributed by atoms with E-state index in [1.165, 1.54) is 0 Å². The van der Waals surface area contributed by atoms with Crippen LogP contribution in [0.25, 0.3) is 22.1 Å². The minimum Gasteiger partial charge on any atom is -0.505 e. The summed E-state index contributed by atoms with van der Waals surface area (Å²) in [7, 11) is 0. The molecule has 0 bridgehead atoms. The van der Waals surface area contributed by atoms with E-state index < -0.39 is 0 Å². The summed E-state index contributed by atoms with van der Waals surface area (Å²) in [5.74, 6) is 0.132.